The van der Waals surface area contributed by atoms with Crippen LogP contribution in [-0.4, -0.2) is 49.6 Å². The van der Waals surface area contributed by atoms with E-state index in [2.05, 4.69) is 9.88 Å². The van der Waals surface area contributed by atoms with Gasteiger partial charge in [-0.1, -0.05) is 35.1 Å². The molecule has 0 unspecified atom stereocenters. The number of rotatable bonds is 8. The van der Waals surface area contributed by atoms with Crippen LogP contribution in [0.15, 0.2) is 42.5 Å². The molecule has 0 atom stereocenters. The van der Waals surface area contributed by atoms with Gasteiger partial charge in [0.1, 0.15) is 17.1 Å². The number of thiazole rings is 1. The van der Waals surface area contributed by atoms with Gasteiger partial charge in [0.2, 0.25) is 0 Å². The molecule has 0 aliphatic carbocycles. The van der Waals surface area contributed by atoms with Gasteiger partial charge in [-0.05, 0) is 58.3 Å². The van der Waals surface area contributed by atoms with E-state index in [0.717, 1.165) is 23.2 Å². The Hall–Kier alpha value is -2.22. The summed E-state index contributed by atoms with van der Waals surface area (Å²) in [5.74, 6) is 0.0675. The van der Waals surface area contributed by atoms with E-state index in [-0.39, 0.29) is 30.7 Å². The first-order valence-electron chi connectivity index (χ1n) is 9.13. The fourth-order valence-electron chi connectivity index (χ4n) is 2.75. The molecule has 0 spiro atoms. The first-order chi connectivity index (χ1) is 13.4. The number of aryl methyl sites for hydroxylation is 1. The molecule has 29 heavy (non-hydrogen) atoms. The highest BCUT2D eigenvalue weighted by Crippen LogP contribution is 2.30. The molecule has 1 heterocycles. The smallest absolute Gasteiger partial charge is 0.266 e. The SMILES string of the molecule is Cc1ccc(OCC(=O)N(CCCN(C)C)c2nc3c(F)cccc3s2)cc1.Cl. The van der Waals surface area contributed by atoms with Crippen LogP contribution < -0.4 is 9.64 Å². The number of carbonyl (C=O) groups excluding carboxylic acids is 1. The summed E-state index contributed by atoms with van der Waals surface area (Å²) in [6.07, 6.45) is 0.779. The second kappa shape index (κ2) is 10.5. The minimum absolute atomic E-state index is 0. The predicted octanol–water partition coefficient (Wildman–Crippen LogP) is 4.53. The first kappa shape index (κ1) is 23.1. The molecule has 0 aliphatic rings. The third-order valence-corrected chi connectivity index (χ3v) is 5.30. The van der Waals surface area contributed by atoms with Crippen LogP contribution in [0.2, 0.25) is 0 Å². The van der Waals surface area contributed by atoms with Gasteiger partial charge in [-0.25, -0.2) is 9.37 Å². The molecule has 0 saturated carbocycles. The lowest BCUT2D eigenvalue weighted by molar-refractivity contribution is -0.120. The Bertz CT molecular complexity index is 947. The molecule has 0 fully saturated rings. The van der Waals surface area contributed by atoms with Crippen molar-refractivity contribution in [3.8, 4) is 5.75 Å². The number of ether oxygens (including phenoxy) is 1. The van der Waals surface area contributed by atoms with Crippen LogP contribution in [0.3, 0.4) is 0 Å². The van der Waals surface area contributed by atoms with Crippen molar-refractivity contribution in [3.63, 3.8) is 0 Å². The molecule has 0 aliphatic heterocycles. The van der Waals surface area contributed by atoms with Gasteiger partial charge in [0.05, 0.1) is 4.70 Å². The van der Waals surface area contributed by atoms with Crippen LogP contribution >= 0.6 is 23.7 Å². The van der Waals surface area contributed by atoms with E-state index in [4.69, 9.17) is 4.74 Å². The van der Waals surface area contributed by atoms with E-state index in [1.165, 1.54) is 17.4 Å². The van der Waals surface area contributed by atoms with Gasteiger partial charge in [0, 0.05) is 6.54 Å². The van der Waals surface area contributed by atoms with Gasteiger partial charge < -0.3 is 9.64 Å². The standard InChI is InChI=1S/C21H24FN3O2S.ClH/c1-15-8-10-16(11-9-15)27-14-19(26)25(13-5-12-24(2)3)21-23-20-17(22)6-4-7-18(20)28-21;/h4,6-11H,5,12-14H2,1-3H3;1H. The topological polar surface area (TPSA) is 45.7 Å². The van der Waals surface area contributed by atoms with E-state index < -0.39 is 0 Å². The van der Waals surface area contributed by atoms with Crippen molar-refractivity contribution in [1.29, 1.82) is 0 Å². The van der Waals surface area contributed by atoms with Gasteiger partial charge >= 0.3 is 0 Å². The number of nitrogens with zero attached hydrogens (tertiary/aromatic N) is 3. The Morgan fingerprint density at radius 2 is 1.86 bits per heavy atom. The molecule has 8 heteroatoms. The maximum absolute atomic E-state index is 14.0. The summed E-state index contributed by atoms with van der Waals surface area (Å²) in [7, 11) is 3.97. The molecule has 3 rings (SSSR count). The summed E-state index contributed by atoms with van der Waals surface area (Å²) in [5, 5.41) is 0.497. The first-order valence-corrected chi connectivity index (χ1v) is 9.95. The van der Waals surface area contributed by atoms with Crippen molar-refractivity contribution in [3.05, 3.63) is 53.8 Å². The Balaban J connectivity index is 0.00000300. The zero-order chi connectivity index (χ0) is 20.1. The van der Waals surface area contributed by atoms with Crippen molar-refractivity contribution in [2.24, 2.45) is 0 Å². The van der Waals surface area contributed by atoms with Crippen molar-refractivity contribution in [1.82, 2.24) is 9.88 Å². The van der Waals surface area contributed by atoms with Gasteiger partial charge in [-0.2, -0.15) is 0 Å². The number of aromatic nitrogens is 1. The molecule has 0 saturated heterocycles. The Morgan fingerprint density at radius 1 is 1.14 bits per heavy atom. The highest BCUT2D eigenvalue weighted by atomic mass is 35.5. The monoisotopic (exact) mass is 437 g/mol. The quantitative estimate of drug-likeness (QED) is 0.519. The lowest BCUT2D eigenvalue weighted by Gasteiger charge is -2.21. The maximum Gasteiger partial charge on any atom is 0.266 e. The van der Waals surface area contributed by atoms with Crippen LogP contribution in [-0.2, 0) is 4.79 Å². The Labute approximate surface area is 180 Å². The van der Waals surface area contributed by atoms with E-state index in [1.54, 1.807) is 11.0 Å². The molecule has 0 radical (unpaired) electrons. The summed E-state index contributed by atoms with van der Waals surface area (Å²) in [6.45, 7) is 3.23. The third kappa shape index (κ3) is 6.13. The summed E-state index contributed by atoms with van der Waals surface area (Å²) in [5.41, 5.74) is 1.42. The summed E-state index contributed by atoms with van der Waals surface area (Å²) < 4.78 is 20.4. The van der Waals surface area contributed by atoms with Crippen LogP contribution in [0.1, 0.15) is 12.0 Å². The lowest BCUT2D eigenvalue weighted by Crippen LogP contribution is -2.36. The number of fused-ring (bicyclic) bond motifs is 1. The normalized spacial score (nSPS) is 10.8. The minimum Gasteiger partial charge on any atom is -0.484 e. The fraction of sp³-hybridized carbons (Fsp3) is 0.333. The highest BCUT2D eigenvalue weighted by molar-refractivity contribution is 7.22. The van der Waals surface area contributed by atoms with Gasteiger partial charge in [-0.3, -0.25) is 9.69 Å². The zero-order valence-electron chi connectivity index (χ0n) is 16.7. The number of para-hydroxylation sites is 1. The number of carbonyl (C=O) groups is 1. The number of hydrogen-bond acceptors (Lipinski definition) is 5. The van der Waals surface area contributed by atoms with Crippen LogP contribution in [0.5, 0.6) is 5.75 Å². The van der Waals surface area contributed by atoms with Gasteiger partial charge in [0.25, 0.3) is 5.91 Å². The van der Waals surface area contributed by atoms with Crippen LogP contribution in [0.25, 0.3) is 10.2 Å². The van der Waals surface area contributed by atoms with Gasteiger partial charge in [0.15, 0.2) is 11.7 Å². The molecular weight excluding hydrogens is 413 g/mol. The lowest BCUT2D eigenvalue weighted by atomic mass is 10.2. The van der Waals surface area contributed by atoms with E-state index >= 15 is 0 Å². The number of anilines is 1. The Kier molecular flexibility index (Phi) is 8.37. The molecule has 2 aromatic carbocycles. The molecule has 3 aromatic rings. The van der Waals surface area contributed by atoms with Crippen molar-refractivity contribution >= 4 is 45.0 Å². The molecular formula is C21H25ClFN3O2S. The van der Waals surface area contributed by atoms with E-state index in [1.807, 2.05) is 51.4 Å². The van der Waals surface area contributed by atoms with E-state index in [9.17, 15) is 9.18 Å². The summed E-state index contributed by atoms with van der Waals surface area (Å²) >= 11 is 1.32. The largest absolute Gasteiger partial charge is 0.484 e. The summed E-state index contributed by atoms with van der Waals surface area (Å²) in [4.78, 5) is 20.9. The van der Waals surface area contributed by atoms with Crippen molar-refractivity contribution in [2.75, 3.05) is 38.7 Å². The summed E-state index contributed by atoms with van der Waals surface area (Å²) in [6, 6.07) is 12.4. The molecule has 1 amide bonds. The fourth-order valence-corrected chi connectivity index (χ4v) is 3.77. The number of halogens is 2. The third-order valence-electron chi connectivity index (χ3n) is 4.26. The molecule has 0 bridgehead atoms. The average molecular weight is 438 g/mol. The second-order valence-corrected chi connectivity index (χ2v) is 7.90. The zero-order valence-corrected chi connectivity index (χ0v) is 18.4. The second-order valence-electron chi connectivity index (χ2n) is 6.89. The molecule has 0 N–H and O–H groups in total. The van der Waals surface area contributed by atoms with Crippen molar-refractivity contribution < 1.29 is 13.9 Å². The maximum atomic E-state index is 14.0. The number of amides is 1. The Morgan fingerprint density at radius 3 is 2.52 bits per heavy atom. The average Bonchev–Trinajstić information content (AvgIpc) is 3.09. The van der Waals surface area contributed by atoms with Crippen LogP contribution in [0.4, 0.5) is 9.52 Å². The molecule has 156 valence electrons. The van der Waals surface area contributed by atoms with Crippen molar-refractivity contribution in [2.45, 2.75) is 13.3 Å². The minimum atomic E-state index is -0.378. The predicted molar refractivity (Wildman–Crippen MR) is 119 cm³/mol. The van der Waals surface area contributed by atoms with Gasteiger partial charge in [-0.15, -0.1) is 12.4 Å². The van der Waals surface area contributed by atoms with E-state index in [0.29, 0.717) is 22.9 Å². The highest BCUT2D eigenvalue weighted by Gasteiger charge is 2.21. The number of benzene rings is 2. The number of hydrogen-bond donors (Lipinski definition) is 0. The molecule has 1 aromatic heterocycles. The van der Waals surface area contributed by atoms with Crippen LogP contribution in [0, 0.1) is 12.7 Å². The molecule has 5 nitrogen and oxygen atoms in total.